The molecule has 1 rings (SSSR count). The lowest BCUT2D eigenvalue weighted by molar-refractivity contribution is 0.330. The van der Waals surface area contributed by atoms with E-state index in [4.69, 9.17) is 9.47 Å². The maximum absolute atomic E-state index is 5.20. The molecule has 1 aromatic carbocycles. The SMILES string of the molecule is CC(C)CCCC(C)CCCC(C)CCCC(C)CCCC(C)(C)C.CCc1ccc(OC)cc1OC. The van der Waals surface area contributed by atoms with Crippen LogP contribution in [0.3, 0.4) is 0 Å². The van der Waals surface area contributed by atoms with E-state index in [0.717, 1.165) is 41.6 Å². The highest BCUT2D eigenvalue weighted by Crippen LogP contribution is 2.27. The van der Waals surface area contributed by atoms with E-state index in [1.165, 1.54) is 82.6 Å². The average Bonchev–Trinajstić information content (AvgIpc) is 2.82. The molecule has 0 saturated carbocycles. The minimum Gasteiger partial charge on any atom is -0.497 e. The zero-order valence-corrected chi connectivity index (χ0v) is 27.1. The first-order valence-corrected chi connectivity index (χ1v) is 15.6. The van der Waals surface area contributed by atoms with Crippen molar-refractivity contribution in [2.24, 2.45) is 29.1 Å². The lowest BCUT2D eigenvalue weighted by Gasteiger charge is -2.20. The maximum Gasteiger partial charge on any atom is 0.125 e. The van der Waals surface area contributed by atoms with Crippen molar-refractivity contribution < 1.29 is 9.47 Å². The number of benzene rings is 1. The predicted octanol–water partition coefficient (Wildman–Crippen LogP) is 11.5. The van der Waals surface area contributed by atoms with Crippen LogP contribution in [0, 0.1) is 29.1 Å². The molecule has 2 nitrogen and oxygen atoms in total. The summed E-state index contributed by atoms with van der Waals surface area (Å²) in [4.78, 5) is 0. The molecule has 1 aromatic rings. The van der Waals surface area contributed by atoms with E-state index < -0.39 is 0 Å². The molecule has 0 aromatic heterocycles. The highest BCUT2D eigenvalue weighted by molar-refractivity contribution is 5.40. The summed E-state index contributed by atoms with van der Waals surface area (Å²) >= 11 is 0. The fourth-order valence-corrected chi connectivity index (χ4v) is 5.06. The molecule has 0 aliphatic rings. The van der Waals surface area contributed by atoms with Gasteiger partial charge >= 0.3 is 0 Å². The highest BCUT2D eigenvalue weighted by Gasteiger charge is 2.12. The van der Waals surface area contributed by atoms with Gasteiger partial charge in [-0.3, -0.25) is 0 Å². The molecular formula is C35H66O2. The normalized spacial score (nSPS) is 14.1. The van der Waals surface area contributed by atoms with Crippen molar-refractivity contribution in [2.75, 3.05) is 14.2 Å². The molecule has 3 atom stereocenters. The summed E-state index contributed by atoms with van der Waals surface area (Å²) in [7, 11) is 3.33. The Bertz CT molecular complexity index is 658. The van der Waals surface area contributed by atoms with Gasteiger partial charge in [0.25, 0.3) is 0 Å². The van der Waals surface area contributed by atoms with Gasteiger partial charge in [-0.2, -0.15) is 0 Å². The molecule has 0 heterocycles. The Morgan fingerprint density at radius 1 is 0.649 bits per heavy atom. The molecular weight excluding hydrogens is 452 g/mol. The van der Waals surface area contributed by atoms with E-state index in [2.05, 4.69) is 62.3 Å². The van der Waals surface area contributed by atoms with Gasteiger partial charge in [0.05, 0.1) is 14.2 Å². The number of hydrogen-bond donors (Lipinski definition) is 0. The number of aryl methyl sites for hydroxylation is 1. The fraction of sp³-hybridized carbons (Fsp3) is 0.829. The van der Waals surface area contributed by atoms with Crippen molar-refractivity contribution in [2.45, 2.75) is 146 Å². The summed E-state index contributed by atoms with van der Waals surface area (Å²) in [6.07, 6.45) is 18.2. The van der Waals surface area contributed by atoms with Crippen LogP contribution >= 0.6 is 0 Å². The van der Waals surface area contributed by atoms with Crippen molar-refractivity contribution >= 4 is 0 Å². The van der Waals surface area contributed by atoms with Gasteiger partial charge in [-0.15, -0.1) is 0 Å². The van der Waals surface area contributed by atoms with Crippen LogP contribution in [0.2, 0.25) is 0 Å². The molecule has 2 heteroatoms. The van der Waals surface area contributed by atoms with Crippen molar-refractivity contribution in [3.63, 3.8) is 0 Å². The Balaban J connectivity index is 0.000000893. The third kappa shape index (κ3) is 20.5. The Hall–Kier alpha value is -1.18. The Morgan fingerprint density at radius 3 is 1.49 bits per heavy atom. The van der Waals surface area contributed by atoms with Gasteiger partial charge in [0.2, 0.25) is 0 Å². The number of ether oxygens (including phenoxy) is 2. The van der Waals surface area contributed by atoms with Gasteiger partial charge in [0.15, 0.2) is 0 Å². The molecule has 0 spiro atoms. The lowest BCUT2D eigenvalue weighted by Crippen LogP contribution is -2.06. The Labute approximate surface area is 233 Å². The smallest absolute Gasteiger partial charge is 0.125 e. The van der Waals surface area contributed by atoms with Crippen LogP contribution in [0.1, 0.15) is 145 Å². The second kappa shape index (κ2) is 20.7. The Morgan fingerprint density at radius 2 is 1.11 bits per heavy atom. The van der Waals surface area contributed by atoms with E-state index in [9.17, 15) is 0 Å². The molecule has 218 valence electrons. The van der Waals surface area contributed by atoms with Crippen molar-refractivity contribution in [3.05, 3.63) is 23.8 Å². The topological polar surface area (TPSA) is 18.5 Å². The monoisotopic (exact) mass is 519 g/mol. The summed E-state index contributed by atoms with van der Waals surface area (Å²) in [5.74, 6) is 5.41. The van der Waals surface area contributed by atoms with Gasteiger partial charge in [0, 0.05) is 6.07 Å². The first-order valence-electron chi connectivity index (χ1n) is 15.6. The molecule has 37 heavy (non-hydrogen) atoms. The summed E-state index contributed by atoms with van der Waals surface area (Å²) in [6.45, 7) is 21.3. The first-order chi connectivity index (χ1) is 17.4. The quantitative estimate of drug-likeness (QED) is 0.192. The van der Waals surface area contributed by atoms with E-state index in [1.807, 2.05) is 18.2 Å². The summed E-state index contributed by atoms with van der Waals surface area (Å²) in [5.41, 5.74) is 1.72. The van der Waals surface area contributed by atoms with Crippen molar-refractivity contribution in [3.8, 4) is 11.5 Å². The van der Waals surface area contributed by atoms with Gasteiger partial charge in [0.1, 0.15) is 11.5 Å². The second-order valence-electron chi connectivity index (χ2n) is 13.5. The summed E-state index contributed by atoms with van der Waals surface area (Å²) < 4.78 is 10.3. The largest absolute Gasteiger partial charge is 0.497 e. The van der Waals surface area contributed by atoms with Crippen LogP contribution < -0.4 is 9.47 Å². The van der Waals surface area contributed by atoms with E-state index in [1.54, 1.807) is 14.2 Å². The van der Waals surface area contributed by atoms with Gasteiger partial charge in [-0.05, 0) is 53.6 Å². The average molecular weight is 519 g/mol. The molecule has 0 N–H and O–H groups in total. The van der Waals surface area contributed by atoms with Gasteiger partial charge in [-0.25, -0.2) is 0 Å². The number of methoxy groups -OCH3 is 2. The van der Waals surface area contributed by atoms with E-state index in [0.29, 0.717) is 5.41 Å². The second-order valence-corrected chi connectivity index (χ2v) is 13.5. The predicted molar refractivity (Wildman–Crippen MR) is 166 cm³/mol. The number of rotatable bonds is 18. The Kier molecular flexibility index (Phi) is 20.1. The van der Waals surface area contributed by atoms with Crippen LogP contribution in [-0.4, -0.2) is 14.2 Å². The van der Waals surface area contributed by atoms with E-state index >= 15 is 0 Å². The fourth-order valence-electron chi connectivity index (χ4n) is 5.06. The van der Waals surface area contributed by atoms with Crippen molar-refractivity contribution in [1.82, 2.24) is 0 Å². The molecule has 3 unspecified atom stereocenters. The molecule has 0 aliphatic heterocycles. The van der Waals surface area contributed by atoms with Gasteiger partial charge < -0.3 is 9.47 Å². The first kappa shape index (κ1) is 35.8. The van der Waals surface area contributed by atoms with Crippen LogP contribution in [0.25, 0.3) is 0 Å². The van der Waals surface area contributed by atoms with Crippen LogP contribution in [0.4, 0.5) is 0 Å². The zero-order valence-electron chi connectivity index (χ0n) is 27.1. The van der Waals surface area contributed by atoms with Crippen LogP contribution in [0.5, 0.6) is 11.5 Å². The zero-order chi connectivity index (χ0) is 28.3. The molecule has 0 amide bonds. The van der Waals surface area contributed by atoms with Crippen molar-refractivity contribution in [1.29, 1.82) is 0 Å². The molecule has 0 saturated heterocycles. The maximum atomic E-state index is 5.20. The minimum atomic E-state index is 0.514. The van der Waals surface area contributed by atoms with Crippen LogP contribution in [-0.2, 0) is 6.42 Å². The number of hydrogen-bond acceptors (Lipinski definition) is 2. The summed E-state index contributed by atoms with van der Waals surface area (Å²) in [6, 6.07) is 5.87. The standard InChI is InChI=1S/C25H52.C10H14O2/c1-21(2)13-9-14-22(3)15-10-16-23(4)17-11-18-24(5)19-12-20-25(6,7)8;1-4-8-5-6-9(11-2)7-10(8)12-3/h21-24H,9-20H2,1-8H3;5-7H,4H2,1-3H3. The minimum absolute atomic E-state index is 0.514. The summed E-state index contributed by atoms with van der Waals surface area (Å²) in [5, 5.41) is 0. The molecule has 0 radical (unpaired) electrons. The molecule has 0 fully saturated rings. The third-order valence-corrected chi connectivity index (χ3v) is 7.76. The molecule has 0 aliphatic carbocycles. The van der Waals surface area contributed by atoms with Gasteiger partial charge in [-0.1, -0.05) is 139 Å². The van der Waals surface area contributed by atoms with Crippen LogP contribution in [0.15, 0.2) is 18.2 Å². The molecule has 0 bridgehead atoms. The third-order valence-electron chi connectivity index (χ3n) is 7.76. The highest BCUT2D eigenvalue weighted by atomic mass is 16.5. The van der Waals surface area contributed by atoms with E-state index in [-0.39, 0.29) is 0 Å². The lowest BCUT2D eigenvalue weighted by atomic mass is 9.86.